The number of hydrogen-bond donors (Lipinski definition) is 4. The van der Waals surface area contributed by atoms with Crippen molar-refractivity contribution in [2.75, 3.05) is 31.1 Å². The van der Waals surface area contributed by atoms with Crippen LogP contribution in [-0.4, -0.2) is 58.4 Å². The van der Waals surface area contributed by atoms with E-state index in [2.05, 4.69) is 15.3 Å². The number of aromatic nitrogens is 2. The average Bonchev–Trinajstić information content (AvgIpc) is 3.50. The molecule has 2 aromatic heterocycles. The Morgan fingerprint density at radius 1 is 1.34 bits per heavy atom. The normalized spacial score (nSPS) is 18.4. The molecule has 1 unspecified atom stereocenters. The molecule has 1 spiro atoms. The fourth-order valence-electron chi connectivity index (χ4n) is 3.94. The van der Waals surface area contributed by atoms with Gasteiger partial charge in [0.25, 0.3) is 11.5 Å². The zero-order valence-corrected chi connectivity index (χ0v) is 15.9. The number of aliphatic hydroxyl groups excluding tert-OH is 2. The number of amides is 1. The molecule has 4 N–H and O–H groups in total. The summed E-state index contributed by atoms with van der Waals surface area (Å²) in [5, 5.41) is 30.4. The van der Waals surface area contributed by atoms with Crippen LogP contribution in [0.2, 0.25) is 0 Å². The summed E-state index contributed by atoms with van der Waals surface area (Å²) in [6.45, 7) is 0.923. The van der Waals surface area contributed by atoms with E-state index in [9.17, 15) is 20.0 Å². The van der Waals surface area contributed by atoms with Crippen molar-refractivity contribution >= 4 is 22.6 Å². The van der Waals surface area contributed by atoms with E-state index in [4.69, 9.17) is 5.11 Å². The van der Waals surface area contributed by atoms with Gasteiger partial charge < -0.3 is 25.4 Å². The van der Waals surface area contributed by atoms with Crippen LogP contribution in [0.5, 0.6) is 0 Å². The molecule has 152 valence electrons. The second-order valence-corrected chi connectivity index (χ2v) is 7.92. The lowest BCUT2D eigenvalue weighted by molar-refractivity contribution is 0.0799. The Kier molecular flexibility index (Phi) is 4.98. The highest BCUT2D eigenvalue weighted by Gasteiger charge is 2.45. The monoisotopic (exact) mass is 397 g/mol. The van der Waals surface area contributed by atoms with E-state index in [0.717, 1.165) is 25.9 Å². The third-order valence-electron chi connectivity index (χ3n) is 5.98. The third kappa shape index (κ3) is 3.69. The van der Waals surface area contributed by atoms with Crippen molar-refractivity contribution in [1.82, 2.24) is 15.3 Å². The summed E-state index contributed by atoms with van der Waals surface area (Å²) < 4.78 is 0. The van der Waals surface area contributed by atoms with Gasteiger partial charge in [0.15, 0.2) is 0 Å². The molecule has 1 saturated carbocycles. The van der Waals surface area contributed by atoms with E-state index in [1.54, 1.807) is 6.07 Å². The van der Waals surface area contributed by atoms with Crippen molar-refractivity contribution in [1.29, 1.82) is 5.26 Å². The summed E-state index contributed by atoms with van der Waals surface area (Å²) in [6.07, 6.45) is 3.46. The number of fused-ring (bicyclic) bond motifs is 1. The Morgan fingerprint density at radius 3 is 2.69 bits per heavy atom. The summed E-state index contributed by atoms with van der Waals surface area (Å²) >= 11 is 0. The predicted molar refractivity (Wildman–Crippen MR) is 106 cm³/mol. The maximum Gasteiger partial charge on any atom is 0.269 e. The first-order valence-electron chi connectivity index (χ1n) is 9.75. The molecule has 29 heavy (non-hydrogen) atoms. The molecular formula is C20H23N5O4. The lowest BCUT2D eigenvalue weighted by atomic mass is 9.93. The third-order valence-corrected chi connectivity index (χ3v) is 5.98. The van der Waals surface area contributed by atoms with Crippen LogP contribution in [0.25, 0.3) is 11.0 Å². The molecule has 1 saturated heterocycles. The Labute approximate surface area is 167 Å². The zero-order chi connectivity index (χ0) is 20.6. The van der Waals surface area contributed by atoms with Gasteiger partial charge >= 0.3 is 0 Å². The van der Waals surface area contributed by atoms with Crippen molar-refractivity contribution in [2.45, 2.75) is 31.8 Å². The summed E-state index contributed by atoms with van der Waals surface area (Å²) in [5.41, 5.74) is 1.43. The number of carbonyl (C=O) groups is 1. The molecule has 3 heterocycles. The van der Waals surface area contributed by atoms with Gasteiger partial charge in [-0.05, 0) is 43.2 Å². The highest BCUT2D eigenvalue weighted by Crippen LogP contribution is 2.54. The number of hydrogen-bond acceptors (Lipinski definition) is 7. The number of rotatable bonds is 5. The molecule has 0 aromatic carbocycles. The number of carbonyl (C=O) groups excluding carboxylic acids is 1. The number of aromatic amines is 1. The smallest absolute Gasteiger partial charge is 0.269 e. The molecule has 9 nitrogen and oxygen atoms in total. The van der Waals surface area contributed by atoms with Gasteiger partial charge in [0.05, 0.1) is 23.9 Å². The van der Waals surface area contributed by atoms with Gasteiger partial charge in [0, 0.05) is 19.6 Å². The van der Waals surface area contributed by atoms with Crippen LogP contribution in [0.3, 0.4) is 0 Å². The topological polar surface area (TPSA) is 142 Å². The minimum Gasteiger partial charge on any atom is -0.394 e. The van der Waals surface area contributed by atoms with Gasteiger partial charge in [-0.3, -0.25) is 9.59 Å². The maximum atomic E-state index is 12.4. The maximum absolute atomic E-state index is 12.4. The van der Waals surface area contributed by atoms with Crippen molar-refractivity contribution in [3.05, 3.63) is 33.7 Å². The van der Waals surface area contributed by atoms with Crippen molar-refractivity contribution in [3.63, 3.8) is 0 Å². The fraction of sp³-hybridized carbons (Fsp3) is 0.500. The second-order valence-electron chi connectivity index (χ2n) is 7.92. The van der Waals surface area contributed by atoms with Crippen LogP contribution in [0.4, 0.5) is 5.69 Å². The lowest BCUT2D eigenvalue weighted by Gasteiger charge is -2.34. The number of aliphatic hydroxyl groups is 2. The van der Waals surface area contributed by atoms with E-state index in [1.807, 2.05) is 11.0 Å². The molecule has 2 aromatic rings. The zero-order valence-electron chi connectivity index (χ0n) is 15.9. The van der Waals surface area contributed by atoms with Crippen LogP contribution in [0, 0.1) is 16.7 Å². The standard InChI is InChI=1S/C20H23N5O4/c21-9-13-17(25-7-5-20(3-4-20)6-8-25)16-14(24-18(13)28)1-2-15(23-16)19(29)22-10-12(27)11-26/h1-2,12,26-27H,3-8,10-11H2,(H,22,29)(H,24,28). The van der Waals surface area contributed by atoms with E-state index in [1.165, 1.54) is 18.9 Å². The minimum atomic E-state index is -1.06. The lowest BCUT2D eigenvalue weighted by Crippen LogP contribution is -2.36. The van der Waals surface area contributed by atoms with Gasteiger partial charge in [-0.15, -0.1) is 0 Å². The Morgan fingerprint density at radius 2 is 2.07 bits per heavy atom. The molecule has 0 radical (unpaired) electrons. The highest BCUT2D eigenvalue weighted by atomic mass is 16.3. The first-order chi connectivity index (χ1) is 14.0. The number of anilines is 1. The largest absolute Gasteiger partial charge is 0.394 e. The van der Waals surface area contributed by atoms with Gasteiger partial charge in [0.1, 0.15) is 22.8 Å². The number of piperidine rings is 1. The van der Waals surface area contributed by atoms with E-state index < -0.39 is 24.2 Å². The van der Waals surface area contributed by atoms with Crippen LogP contribution in [-0.2, 0) is 0 Å². The molecule has 1 amide bonds. The molecule has 0 bridgehead atoms. The molecule has 1 aliphatic carbocycles. The number of pyridine rings is 2. The summed E-state index contributed by atoms with van der Waals surface area (Å²) in [7, 11) is 0. The van der Waals surface area contributed by atoms with Gasteiger partial charge in [-0.25, -0.2) is 4.98 Å². The van der Waals surface area contributed by atoms with Crippen LogP contribution < -0.4 is 15.8 Å². The highest BCUT2D eigenvalue weighted by molar-refractivity contribution is 5.97. The molecule has 1 aliphatic heterocycles. The molecule has 2 fully saturated rings. The number of H-pyrrole nitrogens is 1. The average molecular weight is 397 g/mol. The summed E-state index contributed by atoms with van der Waals surface area (Å²) in [4.78, 5) is 34.0. The SMILES string of the molecule is N#Cc1c(N2CCC3(CC2)CC3)c2nc(C(=O)NCC(O)CO)ccc2[nH]c1=O. The Balaban J connectivity index is 1.72. The van der Waals surface area contributed by atoms with Crippen LogP contribution in [0.1, 0.15) is 41.7 Å². The van der Waals surface area contributed by atoms with E-state index >= 15 is 0 Å². The Bertz CT molecular complexity index is 1040. The molecule has 1 atom stereocenters. The fourth-order valence-corrected chi connectivity index (χ4v) is 3.94. The summed E-state index contributed by atoms with van der Waals surface area (Å²) in [5.74, 6) is -0.509. The number of nitrogens with zero attached hydrogens (tertiary/aromatic N) is 3. The van der Waals surface area contributed by atoms with E-state index in [-0.39, 0.29) is 17.8 Å². The molecular weight excluding hydrogens is 374 g/mol. The number of nitrogens with one attached hydrogen (secondary N) is 2. The van der Waals surface area contributed by atoms with Crippen molar-refractivity contribution in [2.24, 2.45) is 5.41 Å². The number of nitriles is 1. The quantitative estimate of drug-likeness (QED) is 0.567. The summed E-state index contributed by atoms with van der Waals surface area (Å²) in [6, 6.07) is 5.07. The van der Waals surface area contributed by atoms with E-state index in [0.29, 0.717) is 22.1 Å². The Hall–Kier alpha value is -2.96. The minimum absolute atomic E-state index is 0.00464. The van der Waals surface area contributed by atoms with Gasteiger partial charge in [0.2, 0.25) is 0 Å². The first-order valence-corrected chi connectivity index (χ1v) is 9.75. The van der Waals surface area contributed by atoms with Gasteiger partial charge in [-0.1, -0.05) is 0 Å². The first kappa shape index (κ1) is 19.4. The van der Waals surface area contributed by atoms with Gasteiger partial charge in [-0.2, -0.15) is 5.26 Å². The second kappa shape index (κ2) is 7.46. The predicted octanol–water partition coefficient (Wildman–Crippen LogP) is 0.258. The molecule has 2 aliphatic rings. The molecule has 4 rings (SSSR count). The van der Waals surface area contributed by atoms with Crippen molar-refractivity contribution < 1.29 is 15.0 Å². The molecule has 9 heteroatoms. The van der Waals surface area contributed by atoms with Crippen LogP contribution in [0.15, 0.2) is 16.9 Å². The van der Waals surface area contributed by atoms with Crippen LogP contribution >= 0.6 is 0 Å². The van der Waals surface area contributed by atoms with Crippen molar-refractivity contribution in [3.8, 4) is 6.07 Å².